The molecule has 1 aromatic carbocycles. The highest BCUT2D eigenvalue weighted by Crippen LogP contribution is 2.42. The van der Waals surface area contributed by atoms with Gasteiger partial charge in [-0.05, 0) is 60.7 Å². The minimum absolute atomic E-state index is 0.247. The molecule has 5 rings (SSSR count). The van der Waals surface area contributed by atoms with Gasteiger partial charge in [-0.25, -0.2) is 4.39 Å². The van der Waals surface area contributed by atoms with Crippen LogP contribution < -0.4 is 10.2 Å². The molecule has 148 valence electrons. The molecule has 2 atom stereocenters. The summed E-state index contributed by atoms with van der Waals surface area (Å²) in [5, 5.41) is 3.82. The summed E-state index contributed by atoms with van der Waals surface area (Å²) in [4.78, 5) is 10.6. The van der Waals surface area contributed by atoms with Crippen LogP contribution in [0.25, 0.3) is 5.69 Å². The predicted octanol–water partition coefficient (Wildman–Crippen LogP) is 4.58. The van der Waals surface area contributed by atoms with Gasteiger partial charge in [0.05, 0.1) is 29.3 Å². The van der Waals surface area contributed by atoms with Crippen LogP contribution in [0.4, 0.5) is 10.1 Å². The molecule has 1 fully saturated rings. The van der Waals surface area contributed by atoms with Crippen molar-refractivity contribution in [3.8, 4) is 5.69 Å². The van der Waals surface area contributed by atoms with Gasteiger partial charge < -0.3 is 14.8 Å². The van der Waals surface area contributed by atoms with Crippen LogP contribution in [0.2, 0.25) is 0 Å². The van der Waals surface area contributed by atoms with E-state index in [2.05, 4.69) is 19.9 Å². The summed E-state index contributed by atoms with van der Waals surface area (Å²) in [5.74, 6) is -0.326. The molecule has 0 amide bonds. The van der Waals surface area contributed by atoms with Gasteiger partial charge in [-0.1, -0.05) is 18.2 Å². The number of hydrogen-bond donors (Lipinski definition) is 1. The lowest BCUT2D eigenvalue weighted by Crippen LogP contribution is -2.31. The maximum atomic E-state index is 14.8. The monoisotopic (exact) mass is 415 g/mol. The van der Waals surface area contributed by atoms with Crippen LogP contribution in [0.5, 0.6) is 0 Å². The van der Waals surface area contributed by atoms with Gasteiger partial charge in [0.1, 0.15) is 11.9 Å². The fourth-order valence-electron chi connectivity index (χ4n) is 3.93. The number of thiocarbonyl (C=S) groups is 1. The Morgan fingerprint density at radius 2 is 1.80 bits per heavy atom. The molecule has 7 heteroatoms. The zero-order valence-electron chi connectivity index (χ0n) is 15.9. The Bertz CT molecular complexity index is 1180. The molecule has 30 heavy (non-hydrogen) atoms. The van der Waals surface area contributed by atoms with Crippen molar-refractivity contribution in [1.82, 2.24) is 19.9 Å². The van der Waals surface area contributed by atoms with Crippen LogP contribution in [-0.2, 0) is 0 Å². The summed E-state index contributed by atoms with van der Waals surface area (Å²) in [6.07, 6.45) is 7.26. The molecule has 0 bridgehead atoms. The number of rotatable bonds is 4. The number of pyridine rings is 2. The predicted molar refractivity (Wildman–Crippen MR) is 118 cm³/mol. The fraction of sp³-hybridized carbons (Fsp3) is 0.0870. The lowest BCUT2D eigenvalue weighted by atomic mass is 10.0. The first-order chi connectivity index (χ1) is 14.7. The SMILES string of the molecule is Fc1ccccc1N1C(=S)N[C@H](c2ccccn2)[C@H]1c1cccn1-c1cccnc1. The summed E-state index contributed by atoms with van der Waals surface area (Å²) in [6, 6.07) is 19.8. The van der Waals surface area contributed by atoms with Crippen molar-refractivity contribution in [2.24, 2.45) is 0 Å². The number of nitrogens with one attached hydrogen (secondary N) is 1. The molecule has 5 nitrogen and oxygen atoms in total. The summed E-state index contributed by atoms with van der Waals surface area (Å²) in [6.45, 7) is 0. The maximum Gasteiger partial charge on any atom is 0.174 e. The lowest BCUT2D eigenvalue weighted by molar-refractivity contribution is 0.542. The van der Waals surface area contributed by atoms with E-state index < -0.39 is 0 Å². The van der Waals surface area contributed by atoms with E-state index in [9.17, 15) is 4.39 Å². The summed E-state index contributed by atoms with van der Waals surface area (Å²) < 4.78 is 16.9. The van der Waals surface area contributed by atoms with Crippen LogP contribution in [0.1, 0.15) is 23.5 Å². The van der Waals surface area contributed by atoms with Crippen molar-refractivity contribution in [3.63, 3.8) is 0 Å². The van der Waals surface area contributed by atoms with Crippen LogP contribution >= 0.6 is 12.2 Å². The number of anilines is 1. The molecule has 4 aromatic rings. The van der Waals surface area contributed by atoms with E-state index in [-0.39, 0.29) is 17.9 Å². The topological polar surface area (TPSA) is 46.0 Å². The fourth-order valence-corrected chi connectivity index (χ4v) is 4.27. The average molecular weight is 415 g/mol. The van der Waals surface area contributed by atoms with E-state index in [0.29, 0.717) is 10.8 Å². The van der Waals surface area contributed by atoms with Gasteiger partial charge in [0.2, 0.25) is 0 Å². The number of aromatic nitrogens is 3. The first-order valence-electron chi connectivity index (χ1n) is 9.57. The van der Waals surface area contributed by atoms with Crippen LogP contribution in [0.15, 0.2) is 91.5 Å². The van der Waals surface area contributed by atoms with Gasteiger partial charge >= 0.3 is 0 Å². The van der Waals surface area contributed by atoms with E-state index in [0.717, 1.165) is 17.1 Å². The number of benzene rings is 1. The van der Waals surface area contributed by atoms with Crippen molar-refractivity contribution in [2.45, 2.75) is 12.1 Å². The Labute approximate surface area is 178 Å². The molecule has 0 radical (unpaired) electrons. The molecule has 4 heterocycles. The van der Waals surface area contributed by atoms with Crippen LogP contribution in [0.3, 0.4) is 0 Å². The Balaban J connectivity index is 1.69. The molecule has 1 saturated heterocycles. The van der Waals surface area contributed by atoms with Crippen molar-refractivity contribution < 1.29 is 4.39 Å². The van der Waals surface area contributed by atoms with Gasteiger partial charge in [0, 0.05) is 24.3 Å². The van der Waals surface area contributed by atoms with E-state index >= 15 is 0 Å². The van der Waals surface area contributed by atoms with E-state index in [1.165, 1.54) is 6.07 Å². The Kier molecular flexibility index (Phi) is 4.72. The van der Waals surface area contributed by atoms with Crippen molar-refractivity contribution in [2.75, 3.05) is 4.90 Å². The lowest BCUT2D eigenvalue weighted by Gasteiger charge is -2.29. The van der Waals surface area contributed by atoms with Crippen LogP contribution in [0, 0.1) is 5.82 Å². The van der Waals surface area contributed by atoms with Gasteiger partial charge in [-0.2, -0.15) is 0 Å². The quantitative estimate of drug-likeness (QED) is 0.494. The molecule has 1 N–H and O–H groups in total. The third-order valence-electron chi connectivity index (χ3n) is 5.22. The highest BCUT2D eigenvalue weighted by atomic mass is 32.1. The largest absolute Gasteiger partial charge is 0.351 e. The minimum Gasteiger partial charge on any atom is -0.351 e. The molecule has 3 aromatic heterocycles. The average Bonchev–Trinajstić information content (AvgIpc) is 3.40. The smallest absolute Gasteiger partial charge is 0.174 e. The van der Waals surface area contributed by atoms with Gasteiger partial charge in [-0.15, -0.1) is 0 Å². The second kappa shape index (κ2) is 7.68. The second-order valence-electron chi connectivity index (χ2n) is 6.96. The third kappa shape index (κ3) is 3.13. The Morgan fingerprint density at radius 3 is 2.57 bits per heavy atom. The molecule has 0 spiro atoms. The molecule has 0 unspecified atom stereocenters. The standard InChI is InChI=1S/C23H18FN5S/c24-17-8-1-2-10-19(17)29-22(21(27-23(29)30)18-9-3-4-13-26-18)20-11-6-14-28(20)16-7-5-12-25-15-16/h1-15,21-22H,(H,27,30)/t21-,22-/m1/s1. The molecule has 1 aliphatic rings. The second-order valence-corrected chi connectivity index (χ2v) is 7.35. The highest BCUT2D eigenvalue weighted by Gasteiger charge is 2.42. The Morgan fingerprint density at radius 1 is 0.933 bits per heavy atom. The first-order valence-corrected chi connectivity index (χ1v) is 9.98. The summed E-state index contributed by atoms with van der Waals surface area (Å²) in [7, 11) is 0. The highest BCUT2D eigenvalue weighted by molar-refractivity contribution is 7.80. The number of halogens is 1. The first kappa shape index (κ1) is 18.4. The van der Waals surface area contributed by atoms with Crippen molar-refractivity contribution in [3.05, 3.63) is 109 Å². The van der Waals surface area contributed by atoms with Crippen molar-refractivity contribution >= 4 is 23.0 Å². The number of nitrogens with zero attached hydrogens (tertiary/aromatic N) is 4. The number of hydrogen-bond acceptors (Lipinski definition) is 3. The van der Waals surface area contributed by atoms with E-state index in [1.54, 1.807) is 30.7 Å². The number of para-hydroxylation sites is 1. The molecular weight excluding hydrogens is 397 g/mol. The molecule has 1 aliphatic heterocycles. The van der Waals surface area contributed by atoms with Crippen LogP contribution in [-0.4, -0.2) is 19.6 Å². The minimum atomic E-state index is -0.326. The molecular formula is C23H18FN5S. The zero-order valence-corrected chi connectivity index (χ0v) is 16.7. The maximum absolute atomic E-state index is 14.8. The molecule has 0 aliphatic carbocycles. The normalized spacial score (nSPS) is 18.4. The third-order valence-corrected chi connectivity index (χ3v) is 5.53. The van der Waals surface area contributed by atoms with E-state index in [4.69, 9.17) is 12.2 Å². The van der Waals surface area contributed by atoms with Crippen molar-refractivity contribution in [1.29, 1.82) is 0 Å². The van der Waals surface area contributed by atoms with Gasteiger partial charge in [-0.3, -0.25) is 9.97 Å². The molecule has 0 saturated carbocycles. The Hall–Kier alpha value is -3.58. The van der Waals surface area contributed by atoms with Gasteiger partial charge in [0.15, 0.2) is 5.11 Å². The zero-order chi connectivity index (χ0) is 20.5. The van der Waals surface area contributed by atoms with E-state index in [1.807, 2.05) is 59.6 Å². The van der Waals surface area contributed by atoms with Gasteiger partial charge in [0.25, 0.3) is 0 Å². The summed E-state index contributed by atoms with van der Waals surface area (Å²) in [5.41, 5.74) is 3.14. The summed E-state index contributed by atoms with van der Waals surface area (Å²) >= 11 is 5.67.